The number of nitrogens with zero attached hydrogens (tertiary/aromatic N) is 2. The lowest BCUT2D eigenvalue weighted by Gasteiger charge is -2.36. The van der Waals surface area contributed by atoms with E-state index in [2.05, 4.69) is 6.92 Å². The third-order valence-electron chi connectivity index (χ3n) is 4.55. The number of hydrogen-bond donors (Lipinski definition) is 0. The summed E-state index contributed by atoms with van der Waals surface area (Å²) in [5.74, 6) is -0.0522. The SMILES string of the molecule is CCC1CCCCN1C(=O)CCN(C(C)=O)c1cc(Cl)ccc1Cl. The van der Waals surface area contributed by atoms with E-state index in [1.54, 1.807) is 18.2 Å². The topological polar surface area (TPSA) is 40.6 Å². The summed E-state index contributed by atoms with van der Waals surface area (Å²) in [7, 11) is 0. The molecule has 0 aliphatic carbocycles. The van der Waals surface area contributed by atoms with Gasteiger partial charge in [0.25, 0.3) is 0 Å². The van der Waals surface area contributed by atoms with Gasteiger partial charge in [-0.05, 0) is 43.9 Å². The van der Waals surface area contributed by atoms with E-state index in [1.807, 2.05) is 4.90 Å². The highest BCUT2D eigenvalue weighted by molar-refractivity contribution is 6.35. The molecule has 4 nitrogen and oxygen atoms in total. The maximum absolute atomic E-state index is 12.6. The minimum Gasteiger partial charge on any atom is -0.340 e. The summed E-state index contributed by atoms with van der Waals surface area (Å²) < 4.78 is 0. The Labute approximate surface area is 153 Å². The van der Waals surface area contributed by atoms with Crippen molar-refractivity contribution < 1.29 is 9.59 Å². The lowest BCUT2D eigenvalue weighted by molar-refractivity contribution is -0.134. The van der Waals surface area contributed by atoms with E-state index in [-0.39, 0.29) is 11.8 Å². The summed E-state index contributed by atoms with van der Waals surface area (Å²) in [6.45, 7) is 4.71. The molecule has 2 rings (SSSR count). The highest BCUT2D eigenvalue weighted by atomic mass is 35.5. The van der Waals surface area contributed by atoms with Gasteiger partial charge in [0.1, 0.15) is 0 Å². The Bertz CT molecular complexity index is 607. The first kappa shape index (κ1) is 19.1. The second-order valence-corrected chi connectivity index (χ2v) is 7.01. The van der Waals surface area contributed by atoms with Crippen molar-refractivity contribution in [2.45, 2.75) is 52.0 Å². The van der Waals surface area contributed by atoms with Crippen molar-refractivity contribution in [3.05, 3.63) is 28.2 Å². The Balaban J connectivity index is 2.07. The molecule has 1 unspecified atom stereocenters. The summed E-state index contributed by atoms with van der Waals surface area (Å²) in [5.41, 5.74) is 0.551. The Kier molecular flexibility index (Phi) is 6.93. The van der Waals surface area contributed by atoms with Crippen LogP contribution in [-0.4, -0.2) is 35.8 Å². The van der Waals surface area contributed by atoms with Gasteiger partial charge in [0.2, 0.25) is 11.8 Å². The van der Waals surface area contributed by atoms with E-state index in [0.717, 1.165) is 25.8 Å². The number of anilines is 1. The van der Waals surface area contributed by atoms with Gasteiger partial charge in [0.05, 0.1) is 10.7 Å². The molecule has 0 radical (unpaired) electrons. The van der Waals surface area contributed by atoms with Crippen molar-refractivity contribution in [1.82, 2.24) is 4.90 Å². The van der Waals surface area contributed by atoms with Crippen LogP contribution in [0.1, 0.15) is 46.0 Å². The largest absolute Gasteiger partial charge is 0.340 e. The smallest absolute Gasteiger partial charge is 0.224 e. The van der Waals surface area contributed by atoms with E-state index >= 15 is 0 Å². The lowest BCUT2D eigenvalue weighted by atomic mass is 9.99. The maximum atomic E-state index is 12.6. The number of hydrogen-bond acceptors (Lipinski definition) is 2. The van der Waals surface area contributed by atoms with Crippen LogP contribution in [0.3, 0.4) is 0 Å². The van der Waals surface area contributed by atoms with E-state index < -0.39 is 0 Å². The zero-order valence-corrected chi connectivity index (χ0v) is 15.7. The van der Waals surface area contributed by atoms with Gasteiger partial charge >= 0.3 is 0 Å². The zero-order valence-electron chi connectivity index (χ0n) is 14.2. The summed E-state index contributed by atoms with van der Waals surface area (Å²) in [5, 5.41) is 0.959. The fraction of sp³-hybridized carbons (Fsp3) is 0.556. The molecule has 132 valence electrons. The van der Waals surface area contributed by atoms with Gasteiger partial charge in [-0.1, -0.05) is 30.1 Å². The van der Waals surface area contributed by atoms with Crippen molar-refractivity contribution in [1.29, 1.82) is 0 Å². The van der Waals surface area contributed by atoms with Crippen molar-refractivity contribution in [2.75, 3.05) is 18.0 Å². The number of carbonyl (C=O) groups is 2. The lowest BCUT2D eigenvalue weighted by Crippen LogP contribution is -2.44. The van der Waals surface area contributed by atoms with Crippen LogP contribution in [0.15, 0.2) is 18.2 Å². The van der Waals surface area contributed by atoms with E-state index in [4.69, 9.17) is 23.2 Å². The molecule has 0 saturated carbocycles. The standard InChI is InChI=1S/C18H24Cl2N2O2/c1-3-15-6-4-5-10-22(15)18(24)9-11-21(13(2)23)17-12-14(19)7-8-16(17)20/h7-8,12,15H,3-6,9-11H2,1-2H3. The third kappa shape index (κ3) is 4.64. The number of halogens is 2. The first-order valence-electron chi connectivity index (χ1n) is 8.46. The maximum Gasteiger partial charge on any atom is 0.224 e. The van der Waals surface area contributed by atoms with Crippen LogP contribution < -0.4 is 4.90 Å². The summed E-state index contributed by atoms with van der Waals surface area (Å²) in [6, 6.07) is 5.32. The van der Waals surface area contributed by atoms with Gasteiger partial charge in [0.15, 0.2) is 0 Å². The molecule has 1 saturated heterocycles. The highest BCUT2D eigenvalue weighted by Crippen LogP contribution is 2.29. The van der Waals surface area contributed by atoms with Crippen LogP contribution in [0, 0.1) is 0 Å². The number of likely N-dealkylation sites (tertiary alicyclic amines) is 1. The minimum absolute atomic E-state index is 0.103. The fourth-order valence-electron chi connectivity index (χ4n) is 3.24. The number of rotatable bonds is 5. The number of carbonyl (C=O) groups excluding carboxylic acids is 2. The van der Waals surface area contributed by atoms with Crippen molar-refractivity contribution in [3.63, 3.8) is 0 Å². The number of benzene rings is 1. The first-order valence-corrected chi connectivity index (χ1v) is 9.22. The Morgan fingerprint density at radius 3 is 2.71 bits per heavy atom. The van der Waals surface area contributed by atoms with E-state index in [0.29, 0.717) is 34.7 Å². The molecule has 2 amide bonds. The molecule has 0 aromatic heterocycles. The van der Waals surface area contributed by atoms with Crippen LogP contribution in [0.4, 0.5) is 5.69 Å². The predicted molar refractivity (Wildman–Crippen MR) is 98.7 cm³/mol. The normalized spacial score (nSPS) is 17.7. The molecule has 1 aromatic rings. The molecule has 0 N–H and O–H groups in total. The Hall–Kier alpha value is -1.26. The molecule has 1 aromatic carbocycles. The predicted octanol–water partition coefficient (Wildman–Crippen LogP) is 4.53. The number of amides is 2. The molecule has 0 spiro atoms. The summed E-state index contributed by atoms with van der Waals surface area (Å²) >= 11 is 12.2. The van der Waals surface area contributed by atoms with Crippen molar-refractivity contribution >= 4 is 40.7 Å². The summed E-state index contributed by atoms with van der Waals surface area (Å²) in [4.78, 5) is 28.1. The van der Waals surface area contributed by atoms with Gasteiger partial charge in [-0.3, -0.25) is 9.59 Å². The zero-order chi connectivity index (χ0) is 17.7. The van der Waals surface area contributed by atoms with E-state index in [9.17, 15) is 9.59 Å². The Morgan fingerprint density at radius 2 is 2.04 bits per heavy atom. The molecule has 24 heavy (non-hydrogen) atoms. The van der Waals surface area contributed by atoms with Gasteiger partial charge in [0, 0.05) is 37.5 Å². The quantitative estimate of drug-likeness (QED) is 0.763. The van der Waals surface area contributed by atoms with Crippen LogP contribution in [0.5, 0.6) is 0 Å². The third-order valence-corrected chi connectivity index (χ3v) is 5.10. The first-order chi connectivity index (χ1) is 11.4. The second kappa shape index (κ2) is 8.72. The average Bonchev–Trinajstić information content (AvgIpc) is 2.57. The molecule has 1 fully saturated rings. The van der Waals surface area contributed by atoms with Gasteiger partial charge in [-0.25, -0.2) is 0 Å². The monoisotopic (exact) mass is 370 g/mol. The van der Waals surface area contributed by atoms with Crippen LogP contribution in [0.2, 0.25) is 10.0 Å². The molecule has 6 heteroatoms. The average molecular weight is 371 g/mol. The molecular weight excluding hydrogens is 347 g/mol. The van der Waals surface area contributed by atoms with Gasteiger partial charge < -0.3 is 9.80 Å². The van der Waals surface area contributed by atoms with Gasteiger partial charge in [-0.15, -0.1) is 0 Å². The van der Waals surface area contributed by atoms with Crippen LogP contribution in [0.25, 0.3) is 0 Å². The molecular formula is C18H24Cl2N2O2. The van der Waals surface area contributed by atoms with Crippen LogP contribution in [-0.2, 0) is 9.59 Å². The van der Waals surface area contributed by atoms with E-state index in [1.165, 1.54) is 18.2 Å². The highest BCUT2D eigenvalue weighted by Gasteiger charge is 2.26. The van der Waals surface area contributed by atoms with Crippen molar-refractivity contribution in [3.8, 4) is 0 Å². The molecule has 0 bridgehead atoms. The molecule has 1 aliphatic heterocycles. The minimum atomic E-state index is -0.155. The second-order valence-electron chi connectivity index (χ2n) is 6.16. The molecule has 1 atom stereocenters. The van der Waals surface area contributed by atoms with Crippen LogP contribution >= 0.6 is 23.2 Å². The molecule has 1 aliphatic rings. The van der Waals surface area contributed by atoms with Crippen molar-refractivity contribution in [2.24, 2.45) is 0 Å². The fourth-order valence-corrected chi connectivity index (χ4v) is 3.63. The summed E-state index contributed by atoms with van der Waals surface area (Å²) in [6.07, 6.45) is 4.57. The van der Waals surface area contributed by atoms with Gasteiger partial charge in [-0.2, -0.15) is 0 Å². The Morgan fingerprint density at radius 1 is 1.29 bits per heavy atom. The number of piperidine rings is 1. The molecule has 1 heterocycles.